The normalized spacial score (nSPS) is 17.5. The van der Waals surface area contributed by atoms with Crippen molar-refractivity contribution < 1.29 is 75.8 Å². The summed E-state index contributed by atoms with van der Waals surface area (Å²) in [5.74, 6) is 19.6. The second-order valence-electron chi connectivity index (χ2n) is 31.1. The van der Waals surface area contributed by atoms with E-state index in [0.29, 0.717) is 58.8 Å². The number of benzene rings is 8. The molecule has 129 heavy (non-hydrogen) atoms. The lowest BCUT2D eigenvalue weighted by atomic mass is 9.92. The lowest BCUT2D eigenvalue weighted by Crippen LogP contribution is -2.25. The first kappa shape index (κ1) is 105. The van der Waals surface area contributed by atoms with Gasteiger partial charge in [0.1, 0.15) is 21.5 Å². The van der Waals surface area contributed by atoms with Crippen molar-refractivity contribution in [2.75, 3.05) is 25.9 Å². The summed E-state index contributed by atoms with van der Waals surface area (Å²) in [7, 11) is -8.70. The minimum Gasteiger partial charge on any atom is -0.497 e. The van der Waals surface area contributed by atoms with Crippen LogP contribution in [0.1, 0.15) is 186 Å². The topological polar surface area (TPSA) is 321 Å². The molecule has 0 saturated carbocycles. The smallest absolute Gasteiger partial charge is 0.269 e. The largest absolute Gasteiger partial charge is 0.497 e. The molecular weight excluding hydrogens is 1700 g/mol. The number of aliphatic hydroxyl groups excluding tert-OH is 8. The number of hydrogen-bond acceptors (Lipinski definition) is 17. The highest BCUT2D eigenvalue weighted by molar-refractivity contribution is 7.91. The molecule has 0 bridgehead atoms. The van der Waals surface area contributed by atoms with Gasteiger partial charge in [-0.15, -0.1) is 98.8 Å². The third-order valence-corrected chi connectivity index (χ3v) is 26.1. The van der Waals surface area contributed by atoms with E-state index < -0.39 is 99.0 Å². The van der Waals surface area contributed by atoms with Crippen LogP contribution in [-0.2, 0) is 29.5 Å². The quantitative estimate of drug-likeness (QED) is 0.0121. The summed E-state index contributed by atoms with van der Waals surface area (Å²) in [4.78, 5) is 13.6. The van der Waals surface area contributed by atoms with Crippen LogP contribution in [0.25, 0.3) is 35.2 Å². The van der Waals surface area contributed by atoms with E-state index in [1.807, 2.05) is 98.0 Å². The van der Waals surface area contributed by atoms with E-state index >= 15 is 0 Å². The molecule has 19 nitrogen and oxygen atoms in total. The number of nitrogens with zero attached hydrogens (tertiary/aromatic N) is 2. The van der Waals surface area contributed by atoms with Gasteiger partial charge in [-0.25, -0.2) is 30.1 Å². The molecule has 0 aliphatic heterocycles. The summed E-state index contributed by atoms with van der Waals surface area (Å²) in [6.45, 7) is 13.0. The number of terminal acetylenes is 8. The van der Waals surface area contributed by atoms with Gasteiger partial charge in [0.15, 0.2) is 35.2 Å². The van der Waals surface area contributed by atoms with Crippen LogP contribution in [0.3, 0.4) is 0 Å². The molecule has 668 valence electrons. The Hall–Kier alpha value is -12.6. The maximum atomic E-state index is 11.7. The molecule has 13 rings (SSSR count). The summed E-state index contributed by atoms with van der Waals surface area (Å²) >= 11 is 5.92. The van der Waals surface area contributed by atoms with Gasteiger partial charge in [0.05, 0.1) is 67.4 Å². The summed E-state index contributed by atoms with van der Waals surface area (Å²) in [6.07, 6.45) is 60.1. The number of aliphatic hydroxyl groups is 8. The number of ether oxygens (including phenoxy) is 1. The Labute approximate surface area is 765 Å². The van der Waals surface area contributed by atoms with Gasteiger partial charge in [0, 0.05) is 117 Å². The van der Waals surface area contributed by atoms with Crippen LogP contribution in [-0.4, -0.2) is 146 Å². The van der Waals surface area contributed by atoms with Gasteiger partial charge in [0.2, 0.25) is 0 Å². The third kappa shape index (κ3) is 30.9. The molecule has 0 spiro atoms. The Morgan fingerprint density at radius 1 is 0.388 bits per heavy atom. The average molecular weight is 1810 g/mol. The Kier molecular flexibility index (Phi) is 41.5. The van der Waals surface area contributed by atoms with Gasteiger partial charge in [0.25, 0.3) is 5.69 Å². The van der Waals surface area contributed by atoms with Crippen LogP contribution in [0, 0.1) is 136 Å². The number of methoxy groups -OCH3 is 1. The van der Waals surface area contributed by atoms with Crippen LogP contribution < -0.4 is 4.74 Å². The van der Waals surface area contributed by atoms with Gasteiger partial charge >= 0.3 is 0 Å². The minimum absolute atomic E-state index is 0.0102. The van der Waals surface area contributed by atoms with Crippen LogP contribution >= 0.6 is 11.6 Å². The number of non-ortho nitro benzene ring substituents is 1. The zero-order valence-corrected chi connectivity index (χ0v) is 75.9. The average Bonchev–Trinajstić information content (AvgIpc) is 1.53. The highest BCUT2D eigenvalue weighted by Crippen LogP contribution is 2.41. The van der Waals surface area contributed by atoms with E-state index in [1.165, 1.54) is 52.6 Å². The van der Waals surface area contributed by atoms with Gasteiger partial charge in [-0.3, -0.25) is 10.1 Å². The van der Waals surface area contributed by atoms with Crippen LogP contribution in [0.15, 0.2) is 200 Å². The van der Waals surface area contributed by atoms with Crippen molar-refractivity contribution >= 4 is 82.9 Å². The summed E-state index contributed by atoms with van der Waals surface area (Å²) in [6, 6.07) is 50.6. The van der Waals surface area contributed by atoms with Crippen molar-refractivity contribution in [2.24, 2.45) is 0 Å². The van der Waals surface area contributed by atoms with Crippen molar-refractivity contribution in [3.8, 4) is 104 Å². The van der Waals surface area contributed by atoms with E-state index in [1.54, 1.807) is 78.9 Å². The zero-order chi connectivity index (χ0) is 95.5. The fraction of sp³-hybridized carbons (Fsp3) is 0.292. The summed E-state index contributed by atoms with van der Waals surface area (Å²) in [5, 5.41) is 87.3. The lowest BCUT2D eigenvalue weighted by Gasteiger charge is -2.20. The molecule has 23 heteroatoms. The molecular formula is C106H107ClN2O17S3. The van der Waals surface area contributed by atoms with Crippen molar-refractivity contribution in [3.63, 3.8) is 0 Å². The highest BCUT2D eigenvalue weighted by Gasteiger charge is 2.35. The zero-order valence-electron chi connectivity index (χ0n) is 72.7. The summed E-state index contributed by atoms with van der Waals surface area (Å²) in [5.41, 5.74) is 16.4. The predicted octanol–water partition coefficient (Wildman–Crippen LogP) is 16.4. The van der Waals surface area contributed by atoms with Gasteiger partial charge in [-0.2, -0.15) is 0 Å². The van der Waals surface area contributed by atoms with E-state index in [0.717, 1.165) is 57.7 Å². The monoisotopic (exact) mass is 1810 g/mol. The molecule has 8 aromatic rings. The minimum atomic E-state index is -3.45. The number of nitro benzene ring substituents is 1. The number of sulfone groups is 3. The second kappa shape index (κ2) is 50.9. The molecule has 16 unspecified atom stereocenters. The Morgan fingerprint density at radius 2 is 0.667 bits per heavy atom. The first-order chi connectivity index (χ1) is 61.3. The predicted molar refractivity (Wildman–Crippen MR) is 518 cm³/mol. The molecule has 5 aliphatic carbocycles. The standard InChI is InChI=1S/C14H11NO.2C14H14O.C13H11ClO.C13H11NO3.C13H16O4S.C13H16O3S.C12H14O3S/c1-3-4-14(16)12-8-6-10-5-7-11(15-2)9-13(10)12;2*1-3-4-14(15)12-8-7-11-6-5-10(2)9-13(11)12;1-2-3-13(15)11-7-5-9-4-6-10(14)8-12(9)11;1-2-3-13(15)11-7-5-9-4-6-10(14(16)17)8-12(9)11;1-4-5-12(14)13(18(3,15)16)10-6-8-11(17-2)9-7-10;1-4-5-12(14)13(17(3,15)16)11-8-6-10(2)7-9-11;1-3-7-11(13)12(16(2,14)15)10-8-5-4-6-9-10/h1,5-9,12,14,16H,4H2;2*1,5-9,12,14-15H,4H2,2H3;1,4-8,11,13,15H,3H2;1,4-8,11,13,15H,3H2;1,6-9,12-14H,5H2,2-3H3;1,6-9,12-14H,5H2,2-3H3;1,4-6,8-9,11-13H,7H2,2H3. The molecule has 5 aliphatic rings. The lowest BCUT2D eigenvalue weighted by molar-refractivity contribution is -0.384. The molecule has 0 heterocycles. The van der Waals surface area contributed by atoms with Crippen molar-refractivity contribution in [1.29, 1.82) is 0 Å². The number of rotatable bonds is 24. The van der Waals surface area contributed by atoms with E-state index in [9.17, 15) is 76.2 Å². The maximum Gasteiger partial charge on any atom is 0.269 e. The van der Waals surface area contributed by atoms with Crippen LogP contribution in [0.5, 0.6) is 5.75 Å². The van der Waals surface area contributed by atoms with Crippen LogP contribution in [0.4, 0.5) is 11.4 Å². The van der Waals surface area contributed by atoms with E-state index in [-0.39, 0.29) is 61.0 Å². The molecule has 0 aromatic heterocycles. The van der Waals surface area contributed by atoms with Gasteiger partial charge in [-0.1, -0.05) is 216 Å². The molecule has 0 saturated heterocycles. The first-order valence-corrected chi connectivity index (χ1v) is 47.0. The number of halogens is 1. The fourth-order valence-electron chi connectivity index (χ4n) is 15.1. The highest BCUT2D eigenvalue weighted by atomic mass is 35.5. The molecule has 16 atom stereocenters. The Morgan fingerprint density at radius 3 is 0.977 bits per heavy atom. The van der Waals surface area contributed by atoms with Crippen molar-refractivity contribution in [2.45, 2.75) is 166 Å². The van der Waals surface area contributed by atoms with Crippen molar-refractivity contribution in [1.82, 2.24) is 0 Å². The third-order valence-electron chi connectivity index (χ3n) is 21.3. The van der Waals surface area contributed by atoms with E-state index in [4.69, 9.17) is 74.3 Å². The Balaban J connectivity index is 0.000000227. The SMILES string of the molecule is C#CCC(O)C(c1ccc(C)cc1)S(C)(=O)=O.C#CCC(O)C(c1ccc(OC)cc1)S(C)(=O)=O.C#CCC(O)C(c1ccccc1)S(C)(=O)=O.C#CCC(O)C1C=Cc2ccc(C)cc21.C#CCC(O)C1C=Cc2ccc(C)cc21.C#CCC(O)C1C=Cc2ccc(Cl)cc21.C#CCC(O)C1C=Cc2ccc([N+](=O)[O-])cc21.[C-]#[N+]c1ccc2c(c1)C(C(O)CC#C)C=C2. The van der Waals surface area contributed by atoms with Gasteiger partial charge in [-0.05, 0) is 123 Å². The maximum absolute atomic E-state index is 11.7. The summed E-state index contributed by atoms with van der Waals surface area (Å²) < 4.78 is 75.1. The number of fused-ring (bicyclic) bond motifs is 5. The molecule has 8 N–H and O–H groups in total. The first-order valence-electron chi connectivity index (χ1n) is 40.7. The molecule has 0 fully saturated rings. The molecule has 8 aromatic carbocycles. The second-order valence-corrected chi connectivity index (χ2v) is 38.0. The number of aryl methyl sites for hydroxylation is 3. The van der Waals surface area contributed by atoms with Crippen LogP contribution in [0.2, 0.25) is 5.02 Å². The fourth-order valence-corrected chi connectivity index (χ4v) is 19.2. The van der Waals surface area contributed by atoms with Gasteiger partial charge < -0.3 is 45.6 Å². The number of hydrogen-bond donors (Lipinski definition) is 8. The van der Waals surface area contributed by atoms with Crippen molar-refractivity contribution in [3.05, 3.63) is 316 Å². The Bertz CT molecular complexity index is 5910. The number of nitro groups is 1. The molecule has 0 amide bonds. The molecule has 0 radical (unpaired) electrons. The van der Waals surface area contributed by atoms with E-state index in [2.05, 4.69) is 115 Å².